The molecule has 4 rings (SSSR count). The van der Waals surface area contributed by atoms with Crippen LogP contribution in [0.2, 0.25) is 0 Å². The van der Waals surface area contributed by atoms with Crippen molar-refractivity contribution in [1.82, 2.24) is 19.9 Å². The summed E-state index contributed by atoms with van der Waals surface area (Å²) in [6.07, 6.45) is 5.43. The maximum absolute atomic E-state index is 13.3. The second kappa shape index (κ2) is 7.45. The number of aromatic nitrogens is 3. The van der Waals surface area contributed by atoms with Crippen molar-refractivity contribution in [3.05, 3.63) is 96.3 Å². The minimum Gasteiger partial charge on any atom is -0.329 e. The van der Waals surface area contributed by atoms with Crippen LogP contribution >= 0.6 is 0 Å². The second-order valence-corrected chi connectivity index (χ2v) is 6.23. The fraction of sp³-hybridized carbons (Fsp3) is 0.143. The topological polar surface area (TPSA) is 42.7 Å². The second-order valence-electron chi connectivity index (χ2n) is 6.23. The van der Waals surface area contributed by atoms with Crippen molar-refractivity contribution in [2.45, 2.75) is 19.1 Å². The van der Waals surface area contributed by atoms with E-state index in [0.717, 1.165) is 22.2 Å². The highest BCUT2D eigenvalue weighted by atomic mass is 19.1. The predicted octanol–water partition coefficient (Wildman–Crippen LogP) is 4.10. The Morgan fingerprint density at radius 3 is 2.54 bits per heavy atom. The molecular formula is C21H19FN4. The number of nitrogens with zero attached hydrogens (tertiary/aromatic N) is 3. The molecule has 1 N–H and O–H groups in total. The van der Waals surface area contributed by atoms with E-state index in [0.29, 0.717) is 13.1 Å². The third-order valence-electron chi connectivity index (χ3n) is 4.48. The SMILES string of the molecule is Fc1ccc([C@H](Cn2cnc3ccccc32)NCc2ccncc2)cc1. The van der Waals surface area contributed by atoms with E-state index in [1.807, 2.05) is 48.8 Å². The minimum absolute atomic E-state index is 0.0290. The van der Waals surface area contributed by atoms with Crippen molar-refractivity contribution in [3.8, 4) is 0 Å². The number of fused-ring (bicyclic) bond motifs is 1. The molecule has 4 aromatic rings. The van der Waals surface area contributed by atoms with Gasteiger partial charge in [0.25, 0.3) is 0 Å². The summed E-state index contributed by atoms with van der Waals surface area (Å²) in [5.74, 6) is -0.227. The number of halogens is 1. The van der Waals surface area contributed by atoms with Gasteiger partial charge in [0, 0.05) is 25.5 Å². The summed E-state index contributed by atoms with van der Waals surface area (Å²) in [5, 5.41) is 3.58. The Labute approximate surface area is 151 Å². The van der Waals surface area contributed by atoms with Gasteiger partial charge in [-0.1, -0.05) is 24.3 Å². The highest BCUT2D eigenvalue weighted by Gasteiger charge is 2.14. The zero-order valence-electron chi connectivity index (χ0n) is 14.2. The summed E-state index contributed by atoms with van der Waals surface area (Å²) in [4.78, 5) is 8.52. The van der Waals surface area contributed by atoms with E-state index in [4.69, 9.17) is 0 Å². The van der Waals surface area contributed by atoms with Crippen LogP contribution in [0.1, 0.15) is 17.2 Å². The van der Waals surface area contributed by atoms with Crippen LogP contribution in [0, 0.1) is 5.82 Å². The summed E-state index contributed by atoms with van der Waals surface area (Å²) in [6, 6.07) is 18.7. The quantitative estimate of drug-likeness (QED) is 0.571. The van der Waals surface area contributed by atoms with Crippen LogP contribution in [0.15, 0.2) is 79.4 Å². The third kappa shape index (κ3) is 3.63. The van der Waals surface area contributed by atoms with Crippen molar-refractivity contribution in [2.24, 2.45) is 0 Å². The Hall–Kier alpha value is -3.05. The number of benzene rings is 2. The van der Waals surface area contributed by atoms with Crippen molar-refractivity contribution >= 4 is 11.0 Å². The molecule has 0 unspecified atom stereocenters. The van der Waals surface area contributed by atoms with Crippen molar-refractivity contribution in [2.75, 3.05) is 0 Å². The zero-order chi connectivity index (χ0) is 17.8. The lowest BCUT2D eigenvalue weighted by Gasteiger charge is -2.20. The van der Waals surface area contributed by atoms with Gasteiger partial charge in [-0.2, -0.15) is 0 Å². The Balaban J connectivity index is 1.60. The van der Waals surface area contributed by atoms with Gasteiger partial charge < -0.3 is 9.88 Å². The molecule has 0 bridgehead atoms. The fourth-order valence-corrected chi connectivity index (χ4v) is 3.08. The summed E-state index contributed by atoms with van der Waals surface area (Å²) >= 11 is 0. The van der Waals surface area contributed by atoms with Crippen LogP contribution in [-0.4, -0.2) is 14.5 Å². The summed E-state index contributed by atoms with van der Waals surface area (Å²) in [7, 11) is 0. The molecule has 5 heteroatoms. The van der Waals surface area contributed by atoms with E-state index in [9.17, 15) is 4.39 Å². The number of pyridine rings is 1. The van der Waals surface area contributed by atoms with Gasteiger partial charge >= 0.3 is 0 Å². The van der Waals surface area contributed by atoms with E-state index < -0.39 is 0 Å². The van der Waals surface area contributed by atoms with Gasteiger partial charge in [0.1, 0.15) is 5.82 Å². The van der Waals surface area contributed by atoms with Gasteiger partial charge in [0.15, 0.2) is 0 Å². The van der Waals surface area contributed by atoms with Gasteiger partial charge in [-0.05, 0) is 47.5 Å². The number of hydrogen-bond acceptors (Lipinski definition) is 3. The molecular weight excluding hydrogens is 327 g/mol. The van der Waals surface area contributed by atoms with Crippen molar-refractivity contribution in [3.63, 3.8) is 0 Å². The van der Waals surface area contributed by atoms with Crippen LogP contribution in [0.4, 0.5) is 4.39 Å². The first-order valence-electron chi connectivity index (χ1n) is 8.57. The van der Waals surface area contributed by atoms with Crippen LogP contribution in [0.5, 0.6) is 0 Å². The Morgan fingerprint density at radius 1 is 0.962 bits per heavy atom. The molecule has 0 spiro atoms. The van der Waals surface area contributed by atoms with Gasteiger partial charge in [-0.3, -0.25) is 4.98 Å². The van der Waals surface area contributed by atoms with E-state index in [2.05, 4.69) is 25.9 Å². The molecule has 26 heavy (non-hydrogen) atoms. The Morgan fingerprint density at radius 2 is 1.73 bits per heavy atom. The largest absolute Gasteiger partial charge is 0.329 e. The van der Waals surface area contributed by atoms with Crippen molar-refractivity contribution in [1.29, 1.82) is 0 Å². The molecule has 0 aliphatic carbocycles. The standard InChI is InChI=1S/C21H19FN4/c22-18-7-5-17(6-8-18)20(24-13-16-9-11-23-12-10-16)14-26-15-25-19-3-1-2-4-21(19)26/h1-12,15,20,24H,13-14H2/t20-/m0/s1. The van der Waals surface area contributed by atoms with Gasteiger partial charge in [0.2, 0.25) is 0 Å². The molecule has 0 saturated carbocycles. The fourth-order valence-electron chi connectivity index (χ4n) is 3.08. The van der Waals surface area contributed by atoms with Crippen molar-refractivity contribution < 1.29 is 4.39 Å². The van der Waals surface area contributed by atoms with Crippen LogP contribution in [0.3, 0.4) is 0 Å². The normalized spacial score (nSPS) is 12.3. The molecule has 0 saturated heterocycles. The lowest BCUT2D eigenvalue weighted by Crippen LogP contribution is -2.25. The first kappa shape index (κ1) is 16.4. The number of rotatable bonds is 6. The summed E-state index contributed by atoms with van der Waals surface area (Å²) in [5.41, 5.74) is 4.26. The maximum Gasteiger partial charge on any atom is 0.123 e. The van der Waals surface area contributed by atoms with Gasteiger partial charge in [-0.15, -0.1) is 0 Å². The number of nitrogens with one attached hydrogen (secondary N) is 1. The molecule has 2 heterocycles. The lowest BCUT2D eigenvalue weighted by molar-refractivity contribution is 0.466. The van der Waals surface area contributed by atoms with E-state index in [-0.39, 0.29) is 11.9 Å². The van der Waals surface area contributed by atoms with E-state index >= 15 is 0 Å². The molecule has 2 aromatic heterocycles. The molecule has 0 fully saturated rings. The highest BCUT2D eigenvalue weighted by molar-refractivity contribution is 5.74. The highest BCUT2D eigenvalue weighted by Crippen LogP contribution is 2.20. The van der Waals surface area contributed by atoms with Gasteiger partial charge in [0.05, 0.1) is 23.4 Å². The average Bonchev–Trinajstić information content (AvgIpc) is 3.10. The first-order valence-corrected chi connectivity index (χ1v) is 8.57. The van der Waals surface area contributed by atoms with Crippen LogP contribution < -0.4 is 5.32 Å². The molecule has 1 atom stereocenters. The van der Waals surface area contributed by atoms with Crippen LogP contribution in [-0.2, 0) is 13.1 Å². The smallest absolute Gasteiger partial charge is 0.123 e. The van der Waals surface area contributed by atoms with E-state index in [1.54, 1.807) is 12.4 Å². The predicted molar refractivity (Wildman–Crippen MR) is 100.0 cm³/mol. The minimum atomic E-state index is -0.227. The third-order valence-corrected chi connectivity index (χ3v) is 4.48. The van der Waals surface area contributed by atoms with Gasteiger partial charge in [-0.25, -0.2) is 9.37 Å². The summed E-state index contributed by atoms with van der Waals surface area (Å²) in [6.45, 7) is 1.41. The maximum atomic E-state index is 13.3. The monoisotopic (exact) mass is 346 g/mol. The number of hydrogen-bond donors (Lipinski definition) is 1. The number of imidazole rings is 1. The van der Waals surface area contributed by atoms with E-state index in [1.165, 1.54) is 12.1 Å². The van der Waals surface area contributed by atoms with Crippen LogP contribution in [0.25, 0.3) is 11.0 Å². The first-order chi connectivity index (χ1) is 12.8. The Kier molecular flexibility index (Phi) is 4.71. The molecule has 0 amide bonds. The average molecular weight is 346 g/mol. The number of para-hydroxylation sites is 2. The molecule has 0 radical (unpaired) electrons. The molecule has 2 aromatic carbocycles. The molecule has 4 nitrogen and oxygen atoms in total. The molecule has 0 aliphatic rings. The molecule has 130 valence electrons. The zero-order valence-corrected chi connectivity index (χ0v) is 14.2. The molecule has 0 aliphatic heterocycles. The lowest BCUT2D eigenvalue weighted by atomic mass is 10.1. The Bertz CT molecular complexity index is 980. The summed E-state index contributed by atoms with van der Waals surface area (Å²) < 4.78 is 15.5.